The van der Waals surface area contributed by atoms with Crippen LogP contribution >= 0.6 is 0 Å². The summed E-state index contributed by atoms with van der Waals surface area (Å²) in [7, 11) is 0. The third-order valence-electron chi connectivity index (χ3n) is 4.76. The first-order valence-corrected chi connectivity index (χ1v) is 9.80. The zero-order valence-electron chi connectivity index (χ0n) is 16.7. The molecule has 0 unspecified atom stereocenters. The Hall–Kier alpha value is -3.35. The fraction of sp³-hybridized carbons (Fsp3) is 0.318. The summed E-state index contributed by atoms with van der Waals surface area (Å²) in [5.41, 5.74) is 3.70. The predicted molar refractivity (Wildman–Crippen MR) is 115 cm³/mol. The van der Waals surface area contributed by atoms with Crippen molar-refractivity contribution in [2.75, 3.05) is 27.8 Å². The van der Waals surface area contributed by atoms with Gasteiger partial charge < -0.3 is 21.3 Å². The zero-order valence-corrected chi connectivity index (χ0v) is 16.7. The van der Waals surface area contributed by atoms with Crippen molar-refractivity contribution < 1.29 is 14.4 Å². The van der Waals surface area contributed by atoms with Gasteiger partial charge in [0.1, 0.15) is 0 Å². The molecule has 0 heterocycles. The Kier molecular flexibility index (Phi) is 6.49. The van der Waals surface area contributed by atoms with Crippen LogP contribution in [-0.4, -0.2) is 24.3 Å². The second-order valence-corrected chi connectivity index (χ2v) is 7.12. The molecule has 1 aliphatic rings. The van der Waals surface area contributed by atoms with Crippen LogP contribution in [0.4, 0.5) is 22.7 Å². The number of carbonyl (C=O) groups is 3. The van der Waals surface area contributed by atoms with E-state index in [1.54, 1.807) is 31.2 Å². The van der Waals surface area contributed by atoms with Crippen LogP contribution in [0.15, 0.2) is 42.5 Å². The summed E-state index contributed by atoms with van der Waals surface area (Å²) in [6, 6.07) is 12.6. The Morgan fingerprint density at radius 3 is 2.10 bits per heavy atom. The van der Waals surface area contributed by atoms with Gasteiger partial charge in [0.15, 0.2) is 0 Å². The number of benzene rings is 2. The highest BCUT2D eigenvalue weighted by Crippen LogP contribution is 2.31. The minimum absolute atomic E-state index is 0.0387. The Balaban J connectivity index is 1.52. The van der Waals surface area contributed by atoms with Crippen molar-refractivity contribution in [1.82, 2.24) is 0 Å². The van der Waals surface area contributed by atoms with E-state index in [-0.39, 0.29) is 30.2 Å². The van der Waals surface area contributed by atoms with Gasteiger partial charge in [-0.3, -0.25) is 14.4 Å². The van der Waals surface area contributed by atoms with Crippen LogP contribution in [0.3, 0.4) is 0 Å². The Labute approximate surface area is 170 Å². The van der Waals surface area contributed by atoms with Gasteiger partial charge in [0.05, 0.1) is 6.54 Å². The van der Waals surface area contributed by atoms with Crippen LogP contribution in [0, 0.1) is 12.8 Å². The smallest absolute Gasteiger partial charge is 0.243 e. The van der Waals surface area contributed by atoms with Crippen LogP contribution < -0.4 is 21.3 Å². The maximum atomic E-state index is 12.3. The lowest BCUT2D eigenvalue weighted by atomic mass is 10.1. The van der Waals surface area contributed by atoms with Crippen LogP contribution in [0.2, 0.25) is 0 Å². The first kappa shape index (κ1) is 20.4. The molecule has 0 aliphatic heterocycles. The summed E-state index contributed by atoms with van der Waals surface area (Å²) in [5, 5.41) is 11.6. The van der Waals surface area contributed by atoms with E-state index in [0.717, 1.165) is 29.8 Å². The Bertz CT molecular complexity index is 905. The molecule has 2 aromatic rings. The molecule has 29 heavy (non-hydrogen) atoms. The molecule has 1 aliphatic carbocycles. The van der Waals surface area contributed by atoms with Crippen molar-refractivity contribution in [1.29, 1.82) is 0 Å². The maximum Gasteiger partial charge on any atom is 0.243 e. The highest BCUT2D eigenvalue weighted by atomic mass is 16.2. The normalized spacial score (nSPS) is 12.8. The summed E-state index contributed by atoms with van der Waals surface area (Å²) in [6.07, 6.45) is 2.31. The summed E-state index contributed by atoms with van der Waals surface area (Å²) in [4.78, 5) is 35.7. The molecule has 1 fully saturated rings. The second-order valence-electron chi connectivity index (χ2n) is 7.12. The van der Waals surface area contributed by atoms with E-state index in [4.69, 9.17) is 0 Å². The molecule has 7 heteroatoms. The molecule has 0 spiro atoms. The summed E-state index contributed by atoms with van der Waals surface area (Å²) in [6.45, 7) is 3.76. The molecule has 3 rings (SSSR count). The molecular formula is C22H26N4O3. The Morgan fingerprint density at radius 2 is 1.48 bits per heavy atom. The molecule has 0 atom stereocenters. The fourth-order valence-electron chi connectivity index (χ4n) is 2.78. The van der Waals surface area contributed by atoms with Gasteiger partial charge in [0.25, 0.3) is 0 Å². The van der Waals surface area contributed by atoms with Crippen LogP contribution in [-0.2, 0) is 14.4 Å². The average Bonchev–Trinajstić information content (AvgIpc) is 3.56. The first-order chi connectivity index (χ1) is 14.0. The molecule has 0 saturated heterocycles. The maximum absolute atomic E-state index is 12.3. The van der Waals surface area contributed by atoms with Crippen LogP contribution in [0.5, 0.6) is 0 Å². The number of nitrogens with one attached hydrogen (secondary N) is 4. The van der Waals surface area contributed by atoms with E-state index >= 15 is 0 Å². The van der Waals surface area contributed by atoms with Crippen molar-refractivity contribution in [3.8, 4) is 0 Å². The number of carbonyl (C=O) groups excluding carboxylic acids is 3. The minimum atomic E-state index is -0.192. The van der Waals surface area contributed by atoms with E-state index in [1.165, 1.54) is 0 Å². The molecule has 4 N–H and O–H groups in total. The van der Waals surface area contributed by atoms with Gasteiger partial charge in [-0.1, -0.05) is 13.0 Å². The van der Waals surface area contributed by atoms with Gasteiger partial charge in [-0.25, -0.2) is 0 Å². The highest BCUT2D eigenvalue weighted by molar-refractivity contribution is 5.98. The van der Waals surface area contributed by atoms with Gasteiger partial charge in [-0.2, -0.15) is 0 Å². The zero-order chi connectivity index (χ0) is 20.8. The van der Waals surface area contributed by atoms with Crippen molar-refractivity contribution in [2.45, 2.75) is 33.1 Å². The third kappa shape index (κ3) is 5.81. The summed E-state index contributed by atoms with van der Waals surface area (Å²) in [5.74, 6) is -0.0755. The molecule has 1 saturated carbocycles. The molecule has 0 radical (unpaired) electrons. The quantitative estimate of drug-likeness (QED) is 0.548. The molecule has 3 amide bonds. The van der Waals surface area contributed by atoms with Crippen LogP contribution in [0.1, 0.15) is 31.7 Å². The average molecular weight is 394 g/mol. The van der Waals surface area contributed by atoms with Crippen molar-refractivity contribution >= 4 is 40.5 Å². The van der Waals surface area contributed by atoms with E-state index < -0.39 is 0 Å². The van der Waals surface area contributed by atoms with Gasteiger partial charge in [0.2, 0.25) is 17.7 Å². The van der Waals surface area contributed by atoms with Gasteiger partial charge in [-0.15, -0.1) is 0 Å². The van der Waals surface area contributed by atoms with Gasteiger partial charge >= 0.3 is 0 Å². The SMILES string of the molecule is CCC(=O)Nc1ccc(NCC(=O)Nc2cccc(NC(=O)C3CC3)c2C)cc1. The van der Waals surface area contributed by atoms with E-state index in [1.807, 2.05) is 25.1 Å². The highest BCUT2D eigenvalue weighted by Gasteiger charge is 2.29. The molecule has 0 aromatic heterocycles. The lowest BCUT2D eigenvalue weighted by molar-refractivity contribution is -0.117. The monoisotopic (exact) mass is 394 g/mol. The third-order valence-corrected chi connectivity index (χ3v) is 4.76. The molecule has 152 valence electrons. The number of rotatable bonds is 8. The van der Waals surface area contributed by atoms with E-state index in [0.29, 0.717) is 17.8 Å². The van der Waals surface area contributed by atoms with Crippen molar-refractivity contribution in [2.24, 2.45) is 5.92 Å². The summed E-state index contributed by atoms with van der Waals surface area (Å²) >= 11 is 0. The minimum Gasteiger partial charge on any atom is -0.376 e. The lowest BCUT2D eigenvalue weighted by Gasteiger charge is -2.14. The lowest BCUT2D eigenvalue weighted by Crippen LogP contribution is -2.22. The van der Waals surface area contributed by atoms with Crippen LogP contribution in [0.25, 0.3) is 0 Å². The second kappa shape index (κ2) is 9.23. The fourth-order valence-corrected chi connectivity index (χ4v) is 2.78. The number of amides is 3. The largest absolute Gasteiger partial charge is 0.376 e. The predicted octanol–water partition coefficient (Wildman–Crippen LogP) is 3.74. The van der Waals surface area contributed by atoms with Gasteiger partial charge in [0, 0.05) is 35.1 Å². The standard InChI is InChI=1S/C22H26N4O3/c1-3-20(27)24-17-11-9-16(10-12-17)23-13-21(28)25-18-5-4-6-19(14(18)2)26-22(29)15-7-8-15/h4-6,9-12,15,23H,3,7-8,13H2,1-2H3,(H,24,27)(H,25,28)(H,26,29). The van der Waals surface area contributed by atoms with E-state index in [9.17, 15) is 14.4 Å². The molecule has 7 nitrogen and oxygen atoms in total. The van der Waals surface area contributed by atoms with Crippen molar-refractivity contribution in [3.05, 3.63) is 48.0 Å². The topological polar surface area (TPSA) is 99.3 Å². The summed E-state index contributed by atoms with van der Waals surface area (Å²) < 4.78 is 0. The first-order valence-electron chi connectivity index (χ1n) is 9.80. The Morgan fingerprint density at radius 1 is 0.862 bits per heavy atom. The molecular weight excluding hydrogens is 368 g/mol. The number of hydrogen-bond acceptors (Lipinski definition) is 4. The van der Waals surface area contributed by atoms with E-state index in [2.05, 4.69) is 21.3 Å². The number of hydrogen-bond donors (Lipinski definition) is 4. The molecule has 0 bridgehead atoms. The van der Waals surface area contributed by atoms with Gasteiger partial charge in [-0.05, 0) is 61.7 Å². The van der Waals surface area contributed by atoms with Crippen molar-refractivity contribution in [3.63, 3.8) is 0 Å². The molecule has 2 aromatic carbocycles. The number of anilines is 4.